The number of benzene rings is 9. The van der Waals surface area contributed by atoms with Gasteiger partial charge in [0.25, 0.3) is 0 Å². The average Bonchev–Trinajstić information content (AvgIpc) is 3.80. The van der Waals surface area contributed by atoms with Gasteiger partial charge in [0.05, 0.1) is 22.1 Å². The summed E-state index contributed by atoms with van der Waals surface area (Å²) >= 11 is 0. The largest absolute Gasteiger partial charge is 0.309 e. The Labute approximate surface area is 338 Å². The molecule has 11 aromatic rings. The zero-order chi connectivity index (χ0) is 38.7. The molecule has 9 aromatic carbocycles. The minimum absolute atomic E-state index is 1.15. The monoisotopic (exact) mass is 740 g/mol. The summed E-state index contributed by atoms with van der Waals surface area (Å²) in [5.74, 6) is 0. The average molecular weight is 741 g/mol. The van der Waals surface area contributed by atoms with Gasteiger partial charge in [-0.1, -0.05) is 169 Å². The maximum atomic E-state index is 2.43. The zero-order valence-electron chi connectivity index (χ0n) is 32.5. The Hall–Kier alpha value is -7.42. The molecule has 0 spiro atoms. The number of hydrogen-bond donors (Lipinski definition) is 0. The van der Waals surface area contributed by atoms with E-state index in [2.05, 4.69) is 229 Å². The van der Waals surface area contributed by atoms with E-state index in [4.69, 9.17) is 0 Å². The van der Waals surface area contributed by atoms with Crippen LogP contribution in [0.1, 0.15) is 11.1 Å². The van der Waals surface area contributed by atoms with E-state index in [1.807, 2.05) is 0 Å². The first-order chi connectivity index (χ1) is 28.6. The fourth-order valence-electron chi connectivity index (χ4n) is 8.88. The van der Waals surface area contributed by atoms with Crippen molar-refractivity contribution in [2.24, 2.45) is 0 Å². The summed E-state index contributed by atoms with van der Waals surface area (Å²) in [5.41, 5.74) is 19.4. The number of hydrogen-bond acceptors (Lipinski definition) is 0. The normalized spacial score (nSPS) is 11.6. The predicted octanol–water partition coefficient (Wildman–Crippen LogP) is 15.2. The molecule has 11 rings (SSSR count). The molecule has 274 valence electrons. The fourth-order valence-corrected chi connectivity index (χ4v) is 8.88. The van der Waals surface area contributed by atoms with Crippen molar-refractivity contribution in [3.05, 3.63) is 217 Å². The van der Waals surface area contributed by atoms with Crippen molar-refractivity contribution >= 4 is 43.6 Å². The highest BCUT2D eigenvalue weighted by molar-refractivity contribution is 6.28. The van der Waals surface area contributed by atoms with Gasteiger partial charge in [0.2, 0.25) is 0 Å². The summed E-state index contributed by atoms with van der Waals surface area (Å²) in [6.07, 6.45) is 0. The Bertz CT molecular complexity index is 3050. The van der Waals surface area contributed by atoms with E-state index in [0.29, 0.717) is 0 Å². The molecule has 0 aliphatic carbocycles. The third-order valence-electron chi connectivity index (χ3n) is 11.9. The molecule has 58 heavy (non-hydrogen) atoms. The van der Waals surface area contributed by atoms with Gasteiger partial charge in [-0.2, -0.15) is 0 Å². The third-order valence-corrected chi connectivity index (χ3v) is 11.9. The molecule has 0 fully saturated rings. The van der Waals surface area contributed by atoms with Gasteiger partial charge in [0.15, 0.2) is 0 Å². The van der Waals surface area contributed by atoms with Crippen molar-refractivity contribution < 1.29 is 0 Å². The molecule has 0 N–H and O–H groups in total. The van der Waals surface area contributed by atoms with Gasteiger partial charge in [-0.05, 0) is 107 Å². The fraction of sp³-hybridized carbons (Fsp3) is 0.0357. The van der Waals surface area contributed by atoms with Gasteiger partial charge >= 0.3 is 0 Å². The Morgan fingerprint density at radius 1 is 0.241 bits per heavy atom. The molecule has 0 saturated heterocycles. The van der Waals surface area contributed by atoms with E-state index in [9.17, 15) is 0 Å². The molecule has 0 saturated carbocycles. The summed E-state index contributed by atoms with van der Waals surface area (Å²) < 4.78 is 4.86. The number of fused-ring (bicyclic) bond motifs is 7. The predicted molar refractivity (Wildman–Crippen MR) is 246 cm³/mol. The molecule has 2 aromatic heterocycles. The molecule has 0 aliphatic rings. The summed E-state index contributed by atoms with van der Waals surface area (Å²) in [7, 11) is 0. The van der Waals surface area contributed by atoms with Crippen LogP contribution in [0.2, 0.25) is 0 Å². The van der Waals surface area contributed by atoms with Crippen LogP contribution >= 0.6 is 0 Å². The molecule has 0 bridgehead atoms. The molecule has 0 atom stereocenters. The first-order valence-corrected chi connectivity index (χ1v) is 20.1. The van der Waals surface area contributed by atoms with Crippen LogP contribution in [0, 0.1) is 13.8 Å². The number of para-hydroxylation sites is 2. The molecule has 0 radical (unpaired) electrons. The lowest BCUT2D eigenvalue weighted by atomic mass is 9.99. The van der Waals surface area contributed by atoms with Crippen molar-refractivity contribution in [1.82, 2.24) is 9.13 Å². The smallest absolute Gasteiger partial charge is 0.0548 e. The first-order valence-electron chi connectivity index (χ1n) is 20.1. The van der Waals surface area contributed by atoms with E-state index in [1.165, 1.54) is 99.2 Å². The van der Waals surface area contributed by atoms with E-state index in [1.54, 1.807) is 0 Å². The summed E-state index contributed by atoms with van der Waals surface area (Å²) in [6.45, 7) is 4.26. The van der Waals surface area contributed by atoms with Crippen LogP contribution in [0.4, 0.5) is 0 Å². The Balaban J connectivity index is 0.981. The Kier molecular flexibility index (Phi) is 7.97. The van der Waals surface area contributed by atoms with Crippen LogP contribution in [0.3, 0.4) is 0 Å². The van der Waals surface area contributed by atoms with Gasteiger partial charge in [0, 0.05) is 32.9 Å². The lowest BCUT2D eigenvalue weighted by molar-refractivity contribution is 1.17. The SMILES string of the molecule is Cc1ccc(-c2ccc(-c3ccc(-n4c5ccccc5c5c6c7ccccc7n(-c7ccc(-c8ccc(-c9ccc(C)cc9)cc8)cc7)c6ccc54)cc3)cc2)cc1. The van der Waals surface area contributed by atoms with Crippen LogP contribution in [-0.2, 0) is 0 Å². The van der Waals surface area contributed by atoms with Crippen molar-refractivity contribution in [1.29, 1.82) is 0 Å². The molecular weight excluding hydrogens is 701 g/mol. The minimum Gasteiger partial charge on any atom is -0.309 e. The number of nitrogens with zero attached hydrogens (tertiary/aromatic N) is 2. The van der Waals surface area contributed by atoms with Crippen molar-refractivity contribution in [3.63, 3.8) is 0 Å². The summed E-state index contributed by atoms with van der Waals surface area (Å²) in [4.78, 5) is 0. The van der Waals surface area contributed by atoms with Gasteiger partial charge in [-0.25, -0.2) is 0 Å². The Morgan fingerprint density at radius 2 is 0.500 bits per heavy atom. The number of rotatable bonds is 6. The molecular formula is C56H40N2. The molecule has 0 unspecified atom stereocenters. The quantitative estimate of drug-likeness (QED) is 0.161. The van der Waals surface area contributed by atoms with Crippen LogP contribution in [0.5, 0.6) is 0 Å². The van der Waals surface area contributed by atoms with Crippen molar-refractivity contribution in [3.8, 4) is 55.9 Å². The standard InChI is InChI=1S/C56H40N2/c1-37-11-15-39(16-12-37)41-19-23-43(24-20-41)45-27-31-47(32-28-45)57-51-9-5-3-7-49(51)55-53(57)35-36-54-56(55)50-8-4-6-10-52(50)58(54)48-33-29-46(30-34-48)44-25-21-42(22-26-44)40-17-13-38(2)14-18-40/h3-36H,1-2H3. The van der Waals surface area contributed by atoms with Crippen molar-refractivity contribution in [2.45, 2.75) is 13.8 Å². The van der Waals surface area contributed by atoms with E-state index < -0.39 is 0 Å². The second kappa shape index (κ2) is 13.7. The molecule has 2 heteroatoms. The number of aromatic nitrogens is 2. The Morgan fingerprint density at radius 3 is 0.810 bits per heavy atom. The second-order valence-electron chi connectivity index (χ2n) is 15.5. The van der Waals surface area contributed by atoms with Gasteiger partial charge < -0.3 is 9.13 Å². The minimum atomic E-state index is 1.15. The molecule has 2 nitrogen and oxygen atoms in total. The van der Waals surface area contributed by atoms with Gasteiger partial charge in [-0.3, -0.25) is 0 Å². The highest BCUT2D eigenvalue weighted by Crippen LogP contribution is 2.42. The lowest BCUT2D eigenvalue weighted by Crippen LogP contribution is -1.95. The molecule has 0 aliphatic heterocycles. The topological polar surface area (TPSA) is 9.86 Å². The van der Waals surface area contributed by atoms with Crippen LogP contribution in [0.25, 0.3) is 99.5 Å². The van der Waals surface area contributed by atoms with Gasteiger partial charge in [-0.15, -0.1) is 0 Å². The van der Waals surface area contributed by atoms with Crippen LogP contribution in [-0.4, -0.2) is 9.13 Å². The number of aryl methyl sites for hydroxylation is 2. The van der Waals surface area contributed by atoms with Crippen LogP contribution in [0.15, 0.2) is 206 Å². The maximum absolute atomic E-state index is 2.43. The molecule has 2 heterocycles. The van der Waals surface area contributed by atoms with E-state index in [0.717, 1.165) is 11.4 Å². The van der Waals surface area contributed by atoms with E-state index >= 15 is 0 Å². The lowest BCUT2D eigenvalue weighted by Gasteiger charge is -2.11. The second-order valence-corrected chi connectivity index (χ2v) is 15.5. The van der Waals surface area contributed by atoms with Crippen molar-refractivity contribution in [2.75, 3.05) is 0 Å². The third kappa shape index (κ3) is 5.64. The highest BCUT2D eigenvalue weighted by atomic mass is 15.0. The maximum Gasteiger partial charge on any atom is 0.0548 e. The van der Waals surface area contributed by atoms with Crippen LogP contribution < -0.4 is 0 Å². The zero-order valence-corrected chi connectivity index (χ0v) is 32.5. The molecule has 0 amide bonds. The highest BCUT2D eigenvalue weighted by Gasteiger charge is 2.20. The van der Waals surface area contributed by atoms with E-state index in [-0.39, 0.29) is 0 Å². The first kappa shape index (κ1) is 33.9. The summed E-state index contributed by atoms with van der Waals surface area (Å²) in [5, 5.41) is 5.07. The van der Waals surface area contributed by atoms with Gasteiger partial charge in [0.1, 0.15) is 0 Å². The summed E-state index contributed by atoms with van der Waals surface area (Å²) in [6, 6.07) is 75.7.